The van der Waals surface area contributed by atoms with Gasteiger partial charge in [-0.3, -0.25) is 14.4 Å². The molecule has 3 amide bonds. The number of alkyl carbamates (subject to hydrolysis) is 2. The molecule has 0 aliphatic rings. The highest BCUT2D eigenvalue weighted by atomic mass is 16.7. The SMILES string of the molecule is CCCCCCCCC=CCCCCCCCC(=O)OCOC(=O)NC(CCCCC(=O)CNC(=O)OC)C(=O)NC. The van der Waals surface area contributed by atoms with Gasteiger partial charge in [0.05, 0.1) is 13.7 Å². The molecule has 0 bridgehead atoms. The molecular weight excluding hydrogens is 542 g/mol. The fourth-order valence-electron chi connectivity index (χ4n) is 4.19. The first-order valence-corrected chi connectivity index (χ1v) is 15.6. The largest absolute Gasteiger partial charge is 0.453 e. The van der Waals surface area contributed by atoms with Crippen LogP contribution < -0.4 is 16.0 Å². The van der Waals surface area contributed by atoms with E-state index in [1.165, 1.54) is 59.1 Å². The van der Waals surface area contributed by atoms with E-state index in [9.17, 15) is 24.0 Å². The summed E-state index contributed by atoms with van der Waals surface area (Å²) < 4.78 is 14.3. The van der Waals surface area contributed by atoms with Crippen molar-refractivity contribution in [2.24, 2.45) is 0 Å². The van der Waals surface area contributed by atoms with Crippen molar-refractivity contribution >= 4 is 29.8 Å². The second-order valence-corrected chi connectivity index (χ2v) is 10.3. The molecule has 42 heavy (non-hydrogen) atoms. The number of hydrogen-bond donors (Lipinski definition) is 3. The molecule has 0 fully saturated rings. The number of hydrogen-bond acceptors (Lipinski definition) is 8. The summed E-state index contributed by atoms with van der Waals surface area (Å²) in [7, 11) is 2.66. The zero-order valence-corrected chi connectivity index (χ0v) is 26.1. The number of unbranched alkanes of at least 4 members (excludes halogenated alkanes) is 12. The Morgan fingerprint density at radius 2 is 1.31 bits per heavy atom. The van der Waals surface area contributed by atoms with Crippen molar-refractivity contribution in [3.63, 3.8) is 0 Å². The van der Waals surface area contributed by atoms with Gasteiger partial charge < -0.3 is 30.2 Å². The number of methoxy groups -OCH3 is 1. The van der Waals surface area contributed by atoms with Crippen molar-refractivity contribution in [3.05, 3.63) is 12.2 Å². The minimum atomic E-state index is -0.879. The topological polar surface area (TPSA) is 149 Å². The van der Waals surface area contributed by atoms with Crippen molar-refractivity contribution in [2.75, 3.05) is 27.5 Å². The van der Waals surface area contributed by atoms with Gasteiger partial charge in [0, 0.05) is 19.9 Å². The molecular formula is C31H55N3O8. The number of likely N-dealkylation sites (N-methyl/N-ethyl adjacent to an activating group) is 1. The molecule has 242 valence electrons. The van der Waals surface area contributed by atoms with E-state index in [4.69, 9.17) is 9.47 Å². The van der Waals surface area contributed by atoms with Gasteiger partial charge in [-0.05, 0) is 44.9 Å². The lowest BCUT2D eigenvalue weighted by Crippen LogP contribution is -2.46. The second kappa shape index (κ2) is 28.0. The van der Waals surface area contributed by atoms with E-state index in [1.807, 2.05) is 0 Å². The number of amides is 3. The summed E-state index contributed by atoms with van der Waals surface area (Å²) in [6, 6.07) is -0.864. The third-order valence-corrected chi connectivity index (χ3v) is 6.72. The predicted octanol–water partition coefficient (Wildman–Crippen LogP) is 5.85. The molecule has 0 saturated carbocycles. The molecule has 0 radical (unpaired) electrons. The zero-order valence-electron chi connectivity index (χ0n) is 26.1. The molecule has 1 atom stereocenters. The number of allylic oxidation sites excluding steroid dienone is 2. The lowest BCUT2D eigenvalue weighted by molar-refractivity contribution is -0.152. The Labute approximate surface area is 252 Å². The summed E-state index contributed by atoms with van der Waals surface area (Å²) in [4.78, 5) is 58.8. The highest BCUT2D eigenvalue weighted by Gasteiger charge is 2.20. The molecule has 0 aromatic heterocycles. The van der Waals surface area contributed by atoms with E-state index < -0.39 is 36.9 Å². The van der Waals surface area contributed by atoms with E-state index in [2.05, 4.69) is 39.8 Å². The quantitative estimate of drug-likeness (QED) is 0.0486. The van der Waals surface area contributed by atoms with E-state index in [-0.39, 0.29) is 31.6 Å². The fourth-order valence-corrected chi connectivity index (χ4v) is 4.19. The van der Waals surface area contributed by atoms with Crippen molar-refractivity contribution in [2.45, 2.75) is 129 Å². The number of nitrogens with one attached hydrogen (secondary N) is 3. The molecule has 0 heterocycles. The highest BCUT2D eigenvalue weighted by Crippen LogP contribution is 2.10. The van der Waals surface area contributed by atoms with Crippen LogP contribution in [0.5, 0.6) is 0 Å². The van der Waals surface area contributed by atoms with Gasteiger partial charge in [-0.1, -0.05) is 76.9 Å². The Morgan fingerprint density at radius 1 is 0.714 bits per heavy atom. The summed E-state index contributed by atoms with van der Waals surface area (Å²) in [6.07, 6.45) is 20.0. The van der Waals surface area contributed by atoms with Crippen LogP contribution in [0.3, 0.4) is 0 Å². The summed E-state index contributed by atoms with van der Waals surface area (Å²) in [5.41, 5.74) is 0. The molecule has 0 saturated heterocycles. The molecule has 0 aliphatic carbocycles. The maximum Gasteiger partial charge on any atom is 0.410 e. The zero-order chi connectivity index (χ0) is 31.3. The molecule has 11 heteroatoms. The van der Waals surface area contributed by atoms with E-state index in [0.29, 0.717) is 12.8 Å². The summed E-state index contributed by atoms with van der Waals surface area (Å²) >= 11 is 0. The van der Waals surface area contributed by atoms with Gasteiger partial charge in [-0.15, -0.1) is 0 Å². The number of carbonyl (C=O) groups excluding carboxylic acids is 5. The number of ether oxygens (including phenoxy) is 3. The van der Waals surface area contributed by atoms with Crippen LogP contribution in [0.25, 0.3) is 0 Å². The summed E-state index contributed by atoms with van der Waals surface area (Å²) in [5.74, 6) is -1.02. The molecule has 0 aliphatic heterocycles. The molecule has 0 rings (SSSR count). The van der Waals surface area contributed by atoms with Gasteiger partial charge in [0.1, 0.15) is 6.04 Å². The van der Waals surface area contributed by atoms with E-state index >= 15 is 0 Å². The normalized spacial score (nSPS) is 11.5. The molecule has 0 aromatic carbocycles. The van der Waals surface area contributed by atoms with Crippen molar-refractivity contribution in [3.8, 4) is 0 Å². The van der Waals surface area contributed by atoms with Crippen molar-refractivity contribution in [1.29, 1.82) is 0 Å². The van der Waals surface area contributed by atoms with E-state index in [1.54, 1.807) is 0 Å². The first-order valence-electron chi connectivity index (χ1n) is 15.6. The van der Waals surface area contributed by atoms with Crippen LogP contribution in [0.1, 0.15) is 122 Å². The number of ketones is 1. The molecule has 0 spiro atoms. The Hall–Kier alpha value is -3.11. The maximum absolute atomic E-state index is 12.1. The first kappa shape index (κ1) is 38.9. The second-order valence-electron chi connectivity index (χ2n) is 10.3. The molecule has 0 aromatic rings. The van der Waals surface area contributed by atoms with Gasteiger partial charge >= 0.3 is 18.2 Å². The number of Topliss-reactive ketones (excluding diaryl/α,β-unsaturated/α-hetero) is 1. The van der Waals surface area contributed by atoms with Crippen molar-refractivity contribution in [1.82, 2.24) is 16.0 Å². The number of esters is 1. The standard InChI is InChI=1S/C31H55N3O8/c1-4-5-6-7-8-9-10-11-12-13-14-15-16-17-18-23-28(36)41-25-42-31(39)34-27(29(37)32-2)22-20-19-21-26(35)24-33-30(38)40-3/h11-12,27H,4-10,13-25H2,1-3H3,(H,32,37)(H,33,38)(H,34,39). The average molecular weight is 598 g/mol. The van der Waals surface area contributed by atoms with Crippen LogP contribution in [0.2, 0.25) is 0 Å². The highest BCUT2D eigenvalue weighted by molar-refractivity contribution is 5.85. The Kier molecular flexibility index (Phi) is 26.0. The van der Waals surface area contributed by atoms with Crippen LogP contribution in [-0.2, 0) is 28.6 Å². The Bertz CT molecular complexity index is 788. The van der Waals surface area contributed by atoms with Gasteiger partial charge in [-0.25, -0.2) is 9.59 Å². The van der Waals surface area contributed by atoms with Crippen LogP contribution >= 0.6 is 0 Å². The van der Waals surface area contributed by atoms with Crippen LogP contribution in [0.4, 0.5) is 9.59 Å². The fraction of sp³-hybridized carbons (Fsp3) is 0.774. The average Bonchev–Trinajstić information content (AvgIpc) is 2.98. The third-order valence-electron chi connectivity index (χ3n) is 6.72. The Morgan fingerprint density at radius 3 is 1.93 bits per heavy atom. The smallest absolute Gasteiger partial charge is 0.410 e. The molecule has 11 nitrogen and oxygen atoms in total. The lowest BCUT2D eigenvalue weighted by Gasteiger charge is -2.17. The van der Waals surface area contributed by atoms with Gasteiger partial charge in [-0.2, -0.15) is 0 Å². The predicted molar refractivity (Wildman–Crippen MR) is 162 cm³/mol. The molecule has 3 N–H and O–H groups in total. The lowest BCUT2D eigenvalue weighted by atomic mass is 10.1. The van der Waals surface area contributed by atoms with Gasteiger partial charge in [0.15, 0.2) is 5.78 Å². The number of carbonyl (C=O) groups is 5. The Balaban J connectivity index is 3.86. The van der Waals surface area contributed by atoms with Crippen molar-refractivity contribution < 1.29 is 38.2 Å². The van der Waals surface area contributed by atoms with Gasteiger partial charge in [0.2, 0.25) is 12.7 Å². The van der Waals surface area contributed by atoms with Crippen LogP contribution in [0.15, 0.2) is 12.2 Å². The number of rotatable bonds is 26. The van der Waals surface area contributed by atoms with Gasteiger partial charge in [0.25, 0.3) is 0 Å². The van der Waals surface area contributed by atoms with Crippen LogP contribution in [-0.4, -0.2) is 63.4 Å². The van der Waals surface area contributed by atoms with E-state index in [0.717, 1.165) is 38.5 Å². The summed E-state index contributed by atoms with van der Waals surface area (Å²) in [6.45, 7) is 1.58. The first-order chi connectivity index (χ1) is 20.3. The third kappa shape index (κ3) is 24.7. The van der Waals surface area contributed by atoms with Crippen LogP contribution in [0, 0.1) is 0 Å². The molecule has 1 unspecified atom stereocenters. The minimum Gasteiger partial charge on any atom is -0.453 e. The minimum absolute atomic E-state index is 0.133. The maximum atomic E-state index is 12.1. The summed E-state index contributed by atoms with van der Waals surface area (Å²) in [5, 5.41) is 7.23. The monoisotopic (exact) mass is 597 g/mol.